The molecule has 0 saturated heterocycles. The smallest absolute Gasteiger partial charge is 0.349 e. The van der Waals surface area contributed by atoms with Gasteiger partial charge in [0.25, 0.3) is 5.91 Å². The first-order chi connectivity index (χ1) is 11.5. The minimum atomic E-state index is -0.505. The summed E-state index contributed by atoms with van der Waals surface area (Å²) in [5.41, 5.74) is 1.38. The summed E-state index contributed by atoms with van der Waals surface area (Å²) in [6.07, 6.45) is 0. The number of hydrogen-bond acceptors (Lipinski definition) is 5. The third kappa shape index (κ3) is 3.38. The summed E-state index contributed by atoms with van der Waals surface area (Å²) in [5.74, 6) is -0.831. The highest BCUT2D eigenvalue weighted by Gasteiger charge is 2.17. The molecule has 122 valence electrons. The van der Waals surface area contributed by atoms with Crippen LogP contribution in [0.5, 0.6) is 5.75 Å². The number of aryl methyl sites for hydroxylation is 1. The predicted molar refractivity (Wildman–Crippen MR) is 93.6 cm³/mol. The Labute approximate surface area is 142 Å². The van der Waals surface area contributed by atoms with E-state index in [9.17, 15) is 14.7 Å². The first-order valence-electron chi connectivity index (χ1n) is 7.29. The van der Waals surface area contributed by atoms with Crippen molar-refractivity contribution in [3.8, 4) is 5.75 Å². The average molecular weight is 341 g/mol. The molecule has 0 spiro atoms. The summed E-state index contributed by atoms with van der Waals surface area (Å²) >= 11 is 1.36. The molecule has 3 rings (SSSR count). The highest BCUT2D eigenvalue weighted by Crippen LogP contribution is 2.30. The first kappa shape index (κ1) is 16.0. The Bertz CT molecular complexity index is 899. The van der Waals surface area contributed by atoms with Crippen LogP contribution in [0.3, 0.4) is 0 Å². The van der Waals surface area contributed by atoms with Gasteiger partial charge in [-0.2, -0.15) is 0 Å². The van der Waals surface area contributed by atoms with Gasteiger partial charge in [-0.1, -0.05) is 18.2 Å². The van der Waals surface area contributed by atoms with E-state index in [-0.39, 0.29) is 12.4 Å². The third-order valence-electron chi connectivity index (χ3n) is 3.51. The van der Waals surface area contributed by atoms with Crippen LogP contribution in [0.2, 0.25) is 0 Å². The second-order valence-corrected chi connectivity index (χ2v) is 6.28. The Morgan fingerprint density at radius 3 is 2.54 bits per heavy atom. The zero-order chi connectivity index (χ0) is 17.1. The summed E-state index contributed by atoms with van der Waals surface area (Å²) in [5, 5.41) is 12.8. The van der Waals surface area contributed by atoms with Gasteiger partial charge in [0.2, 0.25) is 0 Å². The Hall–Kier alpha value is -2.86. The van der Waals surface area contributed by atoms with Crippen LogP contribution >= 0.6 is 11.3 Å². The molecule has 0 unspecified atom stereocenters. The molecule has 0 aliphatic carbocycles. The molecule has 0 aliphatic heterocycles. The number of amides is 1. The highest BCUT2D eigenvalue weighted by molar-refractivity contribution is 7.21. The summed E-state index contributed by atoms with van der Waals surface area (Å²) in [7, 11) is 0. The molecular weight excluding hydrogens is 326 g/mol. The number of phenolic OH excluding ortho intramolecular Hbond substituents is 1. The number of fused-ring (bicyclic) bond motifs is 1. The SMILES string of the molecule is Cc1c(C(=O)OCC(=O)Nc2ccc(O)cc2)sc2ccccc12. The van der Waals surface area contributed by atoms with Crippen LogP contribution in [0.15, 0.2) is 48.5 Å². The lowest BCUT2D eigenvalue weighted by Gasteiger charge is -2.06. The van der Waals surface area contributed by atoms with E-state index in [0.29, 0.717) is 10.6 Å². The summed E-state index contributed by atoms with van der Waals surface area (Å²) < 4.78 is 6.12. The number of carbonyl (C=O) groups excluding carboxylic acids is 2. The number of anilines is 1. The van der Waals surface area contributed by atoms with E-state index >= 15 is 0 Å². The minimum absolute atomic E-state index is 0.111. The van der Waals surface area contributed by atoms with Crippen molar-refractivity contribution < 1.29 is 19.4 Å². The van der Waals surface area contributed by atoms with E-state index < -0.39 is 11.9 Å². The van der Waals surface area contributed by atoms with Gasteiger partial charge < -0.3 is 15.2 Å². The molecule has 0 bridgehead atoms. The van der Waals surface area contributed by atoms with Gasteiger partial charge in [-0.25, -0.2) is 4.79 Å². The maximum atomic E-state index is 12.2. The predicted octanol–water partition coefficient (Wildman–Crippen LogP) is 3.71. The fourth-order valence-electron chi connectivity index (χ4n) is 2.31. The van der Waals surface area contributed by atoms with Crippen LogP contribution in [0.25, 0.3) is 10.1 Å². The van der Waals surface area contributed by atoms with Crippen LogP contribution in [0.1, 0.15) is 15.2 Å². The number of hydrogen-bond donors (Lipinski definition) is 2. The van der Waals surface area contributed by atoms with Gasteiger partial charge >= 0.3 is 5.97 Å². The molecule has 1 heterocycles. The van der Waals surface area contributed by atoms with Crippen molar-refractivity contribution in [3.63, 3.8) is 0 Å². The van der Waals surface area contributed by atoms with Crippen molar-refractivity contribution in [1.29, 1.82) is 0 Å². The third-order valence-corrected chi connectivity index (χ3v) is 4.77. The minimum Gasteiger partial charge on any atom is -0.508 e. The van der Waals surface area contributed by atoms with E-state index in [0.717, 1.165) is 15.6 Å². The van der Waals surface area contributed by atoms with Crippen molar-refractivity contribution in [2.75, 3.05) is 11.9 Å². The van der Waals surface area contributed by atoms with Crippen LogP contribution in [0.4, 0.5) is 5.69 Å². The van der Waals surface area contributed by atoms with E-state index in [1.165, 1.54) is 23.5 Å². The molecule has 0 saturated carbocycles. The van der Waals surface area contributed by atoms with E-state index in [1.54, 1.807) is 12.1 Å². The van der Waals surface area contributed by atoms with Crippen molar-refractivity contribution in [3.05, 3.63) is 59.0 Å². The number of thiophene rings is 1. The van der Waals surface area contributed by atoms with Gasteiger partial charge in [0.1, 0.15) is 10.6 Å². The highest BCUT2D eigenvalue weighted by atomic mass is 32.1. The van der Waals surface area contributed by atoms with E-state index in [1.807, 2.05) is 31.2 Å². The number of esters is 1. The second-order valence-electron chi connectivity index (χ2n) is 5.22. The topological polar surface area (TPSA) is 75.6 Å². The van der Waals surface area contributed by atoms with Crippen LogP contribution in [-0.2, 0) is 9.53 Å². The summed E-state index contributed by atoms with van der Waals surface area (Å²) in [6, 6.07) is 13.8. The van der Waals surface area contributed by atoms with E-state index in [4.69, 9.17) is 4.74 Å². The lowest BCUT2D eigenvalue weighted by atomic mass is 10.1. The van der Waals surface area contributed by atoms with Crippen molar-refractivity contribution in [1.82, 2.24) is 0 Å². The number of carbonyl (C=O) groups is 2. The van der Waals surface area contributed by atoms with Crippen LogP contribution in [0, 0.1) is 6.92 Å². The van der Waals surface area contributed by atoms with Crippen LogP contribution < -0.4 is 5.32 Å². The van der Waals surface area contributed by atoms with Gasteiger partial charge in [-0.3, -0.25) is 4.79 Å². The zero-order valence-electron chi connectivity index (χ0n) is 12.9. The Morgan fingerprint density at radius 1 is 1.12 bits per heavy atom. The fourth-order valence-corrected chi connectivity index (χ4v) is 3.41. The Morgan fingerprint density at radius 2 is 1.83 bits per heavy atom. The molecule has 1 amide bonds. The van der Waals surface area contributed by atoms with Crippen molar-refractivity contribution in [2.45, 2.75) is 6.92 Å². The molecular formula is C18H15NO4S. The molecule has 0 aliphatic rings. The molecule has 24 heavy (non-hydrogen) atoms. The summed E-state index contributed by atoms with van der Waals surface area (Å²) in [4.78, 5) is 24.6. The number of benzene rings is 2. The molecule has 2 N–H and O–H groups in total. The number of ether oxygens (including phenoxy) is 1. The van der Waals surface area contributed by atoms with Gasteiger partial charge in [0.05, 0.1) is 0 Å². The molecule has 0 atom stereocenters. The maximum Gasteiger partial charge on any atom is 0.349 e. The monoisotopic (exact) mass is 341 g/mol. The Balaban J connectivity index is 1.63. The number of aromatic hydroxyl groups is 1. The molecule has 2 aromatic carbocycles. The van der Waals surface area contributed by atoms with Gasteiger partial charge in [-0.05, 0) is 48.2 Å². The Kier molecular flexibility index (Phi) is 4.48. The standard InChI is InChI=1S/C18H15NO4S/c1-11-14-4-2-3-5-15(14)24-17(11)18(22)23-10-16(21)19-12-6-8-13(20)9-7-12/h2-9,20H,10H2,1H3,(H,19,21). The first-order valence-corrected chi connectivity index (χ1v) is 8.10. The number of rotatable bonds is 4. The summed E-state index contributed by atoms with van der Waals surface area (Å²) in [6.45, 7) is 1.50. The zero-order valence-corrected chi connectivity index (χ0v) is 13.7. The van der Waals surface area contributed by atoms with Gasteiger partial charge in [0, 0.05) is 10.4 Å². The fraction of sp³-hybridized carbons (Fsp3) is 0.111. The number of phenols is 1. The van der Waals surface area contributed by atoms with Crippen LogP contribution in [-0.4, -0.2) is 23.6 Å². The molecule has 0 fully saturated rings. The molecule has 3 aromatic rings. The second kappa shape index (κ2) is 6.72. The lowest BCUT2D eigenvalue weighted by molar-refractivity contribution is -0.119. The van der Waals surface area contributed by atoms with E-state index in [2.05, 4.69) is 5.32 Å². The van der Waals surface area contributed by atoms with Crippen molar-refractivity contribution >= 4 is 39.0 Å². The molecule has 0 radical (unpaired) electrons. The number of nitrogens with one attached hydrogen (secondary N) is 1. The molecule has 6 heteroatoms. The normalized spacial score (nSPS) is 10.5. The average Bonchev–Trinajstić information content (AvgIpc) is 2.92. The van der Waals surface area contributed by atoms with Crippen molar-refractivity contribution in [2.24, 2.45) is 0 Å². The molecule has 1 aromatic heterocycles. The molecule has 5 nitrogen and oxygen atoms in total. The largest absolute Gasteiger partial charge is 0.508 e. The van der Waals surface area contributed by atoms with Gasteiger partial charge in [0.15, 0.2) is 6.61 Å². The van der Waals surface area contributed by atoms with Gasteiger partial charge in [-0.15, -0.1) is 11.3 Å². The lowest BCUT2D eigenvalue weighted by Crippen LogP contribution is -2.20. The quantitative estimate of drug-likeness (QED) is 0.560. The maximum absolute atomic E-state index is 12.2.